The molecule has 1 aliphatic heterocycles. The summed E-state index contributed by atoms with van der Waals surface area (Å²) in [6.07, 6.45) is 3.76. The molecule has 1 atom stereocenters. The van der Waals surface area contributed by atoms with Crippen LogP contribution in [0.2, 0.25) is 0 Å². The summed E-state index contributed by atoms with van der Waals surface area (Å²) in [4.78, 5) is 6.24. The number of rotatable bonds is 4. The van der Waals surface area contributed by atoms with E-state index in [2.05, 4.69) is 16.6 Å². The molecule has 0 amide bonds. The van der Waals surface area contributed by atoms with Crippen molar-refractivity contribution < 1.29 is 5.11 Å². The van der Waals surface area contributed by atoms with Crippen LogP contribution < -0.4 is 0 Å². The molecular weight excluding hydrogens is 152 g/mol. The molecule has 1 rings (SSSR count). The summed E-state index contributed by atoms with van der Waals surface area (Å²) in [5.74, 6) is 0. The van der Waals surface area contributed by atoms with Crippen LogP contribution in [0.1, 0.15) is 19.3 Å². The number of β-amino-alcohol motifs (C(OH)–C–C–N with tert-alkyl or cyclic N) is 1. The van der Waals surface area contributed by atoms with Crippen LogP contribution in [0.5, 0.6) is 0 Å². The summed E-state index contributed by atoms with van der Waals surface area (Å²) < 4.78 is 0. The maximum atomic E-state index is 8.82. The van der Waals surface area contributed by atoms with Crippen LogP contribution >= 0.6 is 0 Å². The van der Waals surface area contributed by atoms with Crippen molar-refractivity contribution in [3.63, 3.8) is 0 Å². The fourth-order valence-electron chi connectivity index (χ4n) is 1.84. The third-order valence-corrected chi connectivity index (χ3v) is 2.48. The highest BCUT2D eigenvalue weighted by Gasteiger charge is 2.20. The average molecular weight is 170 g/mol. The third kappa shape index (κ3) is 2.57. The summed E-state index contributed by atoms with van der Waals surface area (Å²) in [5.41, 5.74) is 0. The van der Waals surface area contributed by atoms with E-state index < -0.39 is 0 Å². The van der Waals surface area contributed by atoms with Crippen molar-refractivity contribution in [2.24, 2.45) is 4.99 Å². The molecule has 12 heavy (non-hydrogen) atoms. The third-order valence-electron chi connectivity index (χ3n) is 2.48. The molecule has 1 heterocycles. The topological polar surface area (TPSA) is 35.8 Å². The first-order chi connectivity index (χ1) is 5.88. The van der Waals surface area contributed by atoms with Gasteiger partial charge in [0.25, 0.3) is 0 Å². The van der Waals surface area contributed by atoms with Crippen molar-refractivity contribution in [1.29, 1.82) is 0 Å². The van der Waals surface area contributed by atoms with Gasteiger partial charge in [-0.1, -0.05) is 6.42 Å². The standard InChI is InChI=1S/C9H18N2O/c1-10-8-9-4-2-3-5-11(9)6-7-12/h9,12H,1-8H2. The summed E-state index contributed by atoms with van der Waals surface area (Å²) in [6.45, 7) is 6.49. The molecule has 0 aromatic carbocycles. The molecule has 0 radical (unpaired) electrons. The van der Waals surface area contributed by atoms with Crippen molar-refractivity contribution in [3.05, 3.63) is 0 Å². The maximum Gasteiger partial charge on any atom is 0.0558 e. The second-order valence-corrected chi connectivity index (χ2v) is 3.32. The van der Waals surface area contributed by atoms with E-state index in [4.69, 9.17) is 5.11 Å². The van der Waals surface area contributed by atoms with Crippen molar-refractivity contribution in [3.8, 4) is 0 Å². The minimum atomic E-state index is 0.258. The quantitative estimate of drug-likeness (QED) is 0.625. The van der Waals surface area contributed by atoms with Gasteiger partial charge < -0.3 is 5.11 Å². The predicted octanol–water partition coefficient (Wildman–Crippen LogP) is 0.534. The first-order valence-electron chi connectivity index (χ1n) is 4.66. The van der Waals surface area contributed by atoms with Gasteiger partial charge in [-0.2, -0.15) is 0 Å². The Balaban J connectivity index is 2.36. The number of nitrogens with zero attached hydrogens (tertiary/aromatic N) is 2. The molecule has 1 unspecified atom stereocenters. The van der Waals surface area contributed by atoms with Crippen LogP contribution in [0.25, 0.3) is 0 Å². The zero-order valence-electron chi connectivity index (χ0n) is 7.58. The first-order valence-corrected chi connectivity index (χ1v) is 4.66. The van der Waals surface area contributed by atoms with Crippen LogP contribution in [0.4, 0.5) is 0 Å². The molecule has 0 aromatic heterocycles. The van der Waals surface area contributed by atoms with E-state index in [1.807, 2.05) is 0 Å². The minimum absolute atomic E-state index is 0.258. The second-order valence-electron chi connectivity index (χ2n) is 3.32. The fraction of sp³-hybridized carbons (Fsp3) is 0.889. The molecule has 1 aliphatic rings. The van der Waals surface area contributed by atoms with Gasteiger partial charge in [-0.3, -0.25) is 9.89 Å². The molecule has 0 aliphatic carbocycles. The van der Waals surface area contributed by atoms with Gasteiger partial charge in [-0.15, -0.1) is 0 Å². The zero-order valence-corrected chi connectivity index (χ0v) is 7.58. The highest BCUT2D eigenvalue weighted by Crippen LogP contribution is 2.16. The van der Waals surface area contributed by atoms with Gasteiger partial charge in [0.1, 0.15) is 0 Å². The Morgan fingerprint density at radius 1 is 1.50 bits per heavy atom. The number of likely N-dealkylation sites (tertiary alicyclic amines) is 1. The lowest BCUT2D eigenvalue weighted by molar-refractivity contribution is 0.121. The summed E-state index contributed by atoms with van der Waals surface area (Å²) in [6, 6.07) is 0.531. The lowest BCUT2D eigenvalue weighted by atomic mass is 10.0. The number of piperidine rings is 1. The van der Waals surface area contributed by atoms with E-state index >= 15 is 0 Å². The highest BCUT2D eigenvalue weighted by atomic mass is 16.3. The Labute approximate surface area is 74.1 Å². The van der Waals surface area contributed by atoms with Gasteiger partial charge in [0.15, 0.2) is 0 Å². The highest BCUT2D eigenvalue weighted by molar-refractivity contribution is 5.23. The van der Waals surface area contributed by atoms with Crippen LogP contribution in [0.15, 0.2) is 4.99 Å². The van der Waals surface area contributed by atoms with E-state index in [-0.39, 0.29) is 6.61 Å². The van der Waals surface area contributed by atoms with Gasteiger partial charge >= 0.3 is 0 Å². The monoisotopic (exact) mass is 170 g/mol. The molecule has 0 spiro atoms. The zero-order chi connectivity index (χ0) is 8.81. The van der Waals surface area contributed by atoms with E-state index in [1.54, 1.807) is 0 Å². The smallest absolute Gasteiger partial charge is 0.0558 e. The summed E-state index contributed by atoms with van der Waals surface area (Å²) >= 11 is 0. The molecule has 1 saturated heterocycles. The number of aliphatic hydroxyl groups excluding tert-OH is 1. The average Bonchev–Trinajstić information content (AvgIpc) is 2.09. The summed E-state index contributed by atoms with van der Waals surface area (Å²) in [7, 11) is 0. The Kier molecular flexibility index (Phi) is 4.25. The van der Waals surface area contributed by atoms with Gasteiger partial charge in [-0.05, 0) is 26.1 Å². The Morgan fingerprint density at radius 2 is 2.33 bits per heavy atom. The van der Waals surface area contributed by atoms with Crippen LogP contribution in [0, 0.1) is 0 Å². The number of aliphatic imine (C=N–C) groups is 1. The fourth-order valence-corrected chi connectivity index (χ4v) is 1.84. The van der Waals surface area contributed by atoms with Crippen molar-refractivity contribution >= 4 is 6.72 Å². The molecule has 3 heteroatoms. The van der Waals surface area contributed by atoms with Gasteiger partial charge in [0, 0.05) is 12.6 Å². The molecular formula is C9H18N2O. The lowest BCUT2D eigenvalue weighted by Gasteiger charge is -2.34. The number of aliphatic hydroxyl groups is 1. The molecule has 0 saturated carbocycles. The van der Waals surface area contributed by atoms with E-state index in [0.29, 0.717) is 6.04 Å². The molecule has 1 fully saturated rings. The molecule has 0 aromatic rings. The van der Waals surface area contributed by atoms with Crippen LogP contribution in [-0.2, 0) is 0 Å². The van der Waals surface area contributed by atoms with Gasteiger partial charge in [0.2, 0.25) is 0 Å². The number of hydrogen-bond donors (Lipinski definition) is 1. The van der Waals surface area contributed by atoms with Crippen LogP contribution in [-0.4, -0.2) is 49.0 Å². The summed E-state index contributed by atoms with van der Waals surface area (Å²) in [5, 5.41) is 8.82. The molecule has 1 N–H and O–H groups in total. The van der Waals surface area contributed by atoms with E-state index in [0.717, 1.165) is 19.6 Å². The van der Waals surface area contributed by atoms with E-state index in [9.17, 15) is 0 Å². The lowest BCUT2D eigenvalue weighted by Crippen LogP contribution is -2.42. The minimum Gasteiger partial charge on any atom is -0.395 e. The van der Waals surface area contributed by atoms with Crippen LogP contribution in [0.3, 0.4) is 0 Å². The number of hydrogen-bond acceptors (Lipinski definition) is 3. The van der Waals surface area contributed by atoms with Crippen molar-refractivity contribution in [2.45, 2.75) is 25.3 Å². The van der Waals surface area contributed by atoms with Gasteiger partial charge in [-0.25, -0.2) is 0 Å². The van der Waals surface area contributed by atoms with Gasteiger partial charge in [0.05, 0.1) is 13.2 Å². The SMILES string of the molecule is C=NCC1CCCCN1CCO. The Hall–Kier alpha value is -0.410. The van der Waals surface area contributed by atoms with Crippen molar-refractivity contribution in [2.75, 3.05) is 26.2 Å². The molecule has 3 nitrogen and oxygen atoms in total. The van der Waals surface area contributed by atoms with E-state index in [1.165, 1.54) is 19.3 Å². The second kappa shape index (κ2) is 5.27. The normalized spacial score (nSPS) is 25.6. The molecule has 0 bridgehead atoms. The van der Waals surface area contributed by atoms with Crippen molar-refractivity contribution in [1.82, 2.24) is 4.90 Å². The Morgan fingerprint density at radius 3 is 3.00 bits per heavy atom. The molecule has 70 valence electrons. The predicted molar refractivity (Wildman–Crippen MR) is 50.7 cm³/mol. The largest absolute Gasteiger partial charge is 0.395 e. The maximum absolute atomic E-state index is 8.82. The Bertz CT molecular complexity index is 136. The first kappa shape index (κ1) is 9.68.